The lowest BCUT2D eigenvalue weighted by Gasteiger charge is -2.11. The van der Waals surface area contributed by atoms with Crippen LogP contribution >= 0.6 is 0 Å². The van der Waals surface area contributed by atoms with Gasteiger partial charge >= 0.3 is 5.97 Å². The Morgan fingerprint density at radius 3 is 2.35 bits per heavy atom. The monoisotopic (exact) mass is 280 g/mol. The van der Waals surface area contributed by atoms with E-state index in [0.29, 0.717) is 0 Å². The van der Waals surface area contributed by atoms with E-state index in [-0.39, 0.29) is 11.7 Å². The van der Waals surface area contributed by atoms with Crippen LogP contribution in [0, 0.1) is 0 Å². The molecule has 0 spiro atoms. The van der Waals surface area contributed by atoms with Crippen LogP contribution in [0.1, 0.15) is 88.2 Å². The first-order valence-corrected chi connectivity index (χ1v) is 7.93. The highest BCUT2D eigenvalue weighted by molar-refractivity contribution is 5.85. The highest BCUT2D eigenvalue weighted by Crippen LogP contribution is 2.16. The summed E-state index contributed by atoms with van der Waals surface area (Å²) >= 11 is 0. The molecule has 0 aliphatic heterocycles. The van der Waals surface area contributed by atoms with E-state index in [1.807, 2.05) is 0 Å². The van der Waals surface area contributed by atoms with Crippen molar-refractivity contribution in [1.82, 2.24) is 9.78 Å². The molecule has 1 atom stereocenters. The van der Waals surface area contributed by atoms with Gasteiger partial charge in [-0.3, -0.25) is 4.68 Å². The molecule has 0 saturated heterocycles. The summed E-state index contributed by atoms with van der Waals surface area (Å²) in [4.78, 5) is 10.8. The minimum atomic E-state index is -0.956. The van der Waals surface area contributed by atoms with Gasteiger partial charge in [0.05, 0.1) is 0 Å². The van der Waals surface area contributed by atoms with Gasteiger partial charge in [0.1, 0.15) is 0 Å². The van der Waals surface area contributed by atoms with E-state index in [1.54, 1.807) is 16.9 Å². The van der Waals surface area contributed by atoms with E-state index < -0.39 is 5.97 Å². The number of carbonyl (C=O) groups is 1. The molecule has 1 unspecified atom stereocenters. The van der Waals surface area contributed by atoms with Crippen molar-refractivity contribution in [2.24, 2.45) is 0 Å². The Morgan fingerprint density at radius 2 is 1.80 bits per heavy atom. The van der Waals surface area contributed by atoms with Crippen LogP contribution in [-0.2, 0) is 0 Å². The molecule has 1 aromatic heterocycles. The third-order valence-corrected chi connectivity index (χ3v) is 3.75. The van der Waals surface area contributed by atoms with Crippen molar-refractivity contribution in [2.75, 3.05) is 0 Å². The summed E-state index contributed by atoms with van der Waals surface area (Å²) < 4.78 is 1.77. The first-order chi connectivity index (χ1) is 9.65. The number of nitrogens with zero attached hydrogens (tertiary/aromatic N) is 2. The van der Waals surface area contributed by atoms with Gasteiger partial charge in [-0.25, -0.2) is 4.79 Å². The molecule has 0 radical (unpaired) electrons. The number of aromatic nitrogens is 2. The van der Waals surface area contributed by atoms with Gasteiger partial charge in [-0.05, 0) is 19.4 Å². The number of hydrogen-bond donors (Lipinski definition) is 1. The predicted octanol–water partition coefficient (Wildman–Crippen LogP) is 4.67. The van der Waals surface area contributed by atoms with Gasteiger partial charge in [0.15, 0.2) is 5.69 Å². The molecule has 1 N–H and O–H groups in total. The summed E-state index contributed by atoms with van der Waals surface area (Å²) in [6.07, 6.45) is 13.4. The van der Waals surface area contributed by atoms with Crippen LogP contribution in [0.5, 0.6) is 0 Å². The van der Waals surface area contributed by atoms with Gasteiger partial charge in [-0.1, -0.05) is 58.3 Å². The van der Waals surface area contributed by atoms with Crippen molar-refractivity contribution in [3.8, 4) is 0 Å². The molecule has 0 bridgehead atoms. The fourth-order valence-corrected chi connectivity index (χ4v) is 2.40. The molecule has 4 heteroatoms. The maximum atomic E-state index is 10.8. The van der Waals surface area contributed by atoms with Gasteiger partial charge in [-0.15, -0.1) is 0 Å². The second-order valence-electron chi connectivity index (χ2n) is 5.60. The molecule has 20 heavy (non-hydrogen) atoms. The maximum Gasteiger partial charge on any atom is 0.356 e. The lowest BCUT2D eigenvalue weighted by atomic mass is 10.1. The predicted molar refractivity (Wildman–Crippen MR) is 81.1 cm³/mol. The Labute approximate surface area is 122 Å². The molecule has 0 aliphatic carbocycles. The maximum absolute atomic E-state index is 10.8. The topological polar surface area (TPSA) is 55.1 Å². The van der Waals surface area contributed by atoms with E-state index in [4.69, 9.17) is 5.11 Å². The summed E-state index contributed by atoms with van der Waals surface area (Å²) in [5.41, 5.74) is 0.132. The smallest absolute Gasteiger partial charge is 0.356 e. The van der Waals surface area contributed by atoms with E-state index in [0.717, 1.165) is 6.42 Å². The Hall–Kier alpha value is -1.32. The quantitative estimate of drug-likeness (QED) is 0.599. The number of carboxylic acids is 1. The lowest BCUT2D eigenvalue weighted by Crippen LogP contribution is -2.07. The number of unbranched alkanes of at least 4 members (excludes halogenated alkanes) is 7. The van der Waals surface area contributed by atoms with Crippen molar-refractivity contribution in [3.05, 3.63) is 18.0 Å². The van der Waals surface area contributed by atoms with Crippen molar-refractivity contribution in [3.63, 3.8) is 0 Å². The van der Waals surface area contributed by atoms with Gasteiger partial charge in [0, 0.05) is 12.2 Å². The van der Waals surface area contributed by atoms with Crippen LogP contribution in [0.2, 0.25) is 0 Å². The zero-order chi connectivity index (χ0) is 14.8. The zero-order valence-electron chi connectivity index (χ0n) is 12.8. The summed E-state index contributed by atoms with van der Waals surface area (Å²) in [6, 6.07) is 1.84. The summed E-state index contributed by atoms with van der Waals surface area (Å²) in [6.45, 7) is 4.34. The standard InChI is InChI=1S/C16H28N2O2/c1-3-4-5-6-7-8-9-10-11-14(2)18-13-12-15(17-18)16(19)20/h12-14H,3-11H2,1-2H3,(H,19,20). The Bertz CT molecular complexity index is 388. The highest BCUT2D eigenvalue weighted by atomic mass is 16.4. The number of hydrogen-bond acceptors (Lipinski definition) is 2. The number of rotatable bonds is 11. The van der Waals surface area contributed by atoms with Crippen LogP contribution < -0.4 is 0 Å². The largest absolute Gasteiger partial charge is 0.476 e. The molecule has 4 nitrogen and oxygen atoms in total. The molecule has 0 aromatic carbocycles. The van der Waals surface area contributed by atoms with E-state index in [1.165, 1.54) is 51.4 Å². The van der Waals surface area contributed by atoms with Crippen molar-refractivity contribution >= 4 is 5.97 Å². The minimum Gasteiger partial charge on any atom is -0.476 e. The first-order valence-electron chi connectivity index (χ1n) is 7.93. The third-order valence-electron chi connectivity index (χ3n) is 3.75. The molecule has 0 amide bonds. The molecule has 0 fully saturated rings. The van der Waals surface area contributed by atoms with Crippen LogP contribution in [0.3, 0.4) is 0 Å². The fourth-order valence-electron chi connectivity index (χ4n) is 2.40. The van der Waals surface area contributed by atoms with Crippen LogP contribution in [0.4, 0.5) is 0 Å². The molecule has 1 aromatic rings. The van der Waals surface area contributed by atoms with Crippen LogP contribution in [0.15, 0.2) is 12.3 Å². The molecule has 0 aliphatic rings. The fraction of sp³-hybridized carbons (Fsp3) is 0.750. The average molecular weight is 280 g/mol. The van der Waals surface area contributed by atoms with E-state index in [9.17, 15) is 4.79 Å². The zero-order valence-corrected chi connectivity index (χ0v) is 12.8. The van der Waals surface area contributed by atoms with E-state index in [2.05, 4.69) is 18.9 Å². The number of aromatic carboxylic acids is 1. The second-order valence-corrected chi connectivity index (χ2v) is 5.60. The highest BCUT2D eigenvalue weighted by Gasteiger charge is 2.10. The van der Waals surface area contributed by atoms with Gasteiger partial charge in [-0.2, -0.15) is 5.10 Å². The Kier molecular flexibility index (Phi) is 8.00. The first kappa shape index (κ1) is 16.7. The molecule has 0 saturated carbocycles. The molecule has 1 heterocycles. The minimum absolute atomic E-state index is 0.132. The summed E-state index contributed by atoms with van der Waals surface area (Å²) in [5, 5.41) is 12.9. The van der Waals surface area contributed by atoms with Crippen LogP contribution in [0.25, 0.3) is 0 Å². The lowest BCUT2D eigenvalue weighted by molar-refractivity contribution is 0.0689. The Balaban J connectivity index is 2.10. The van der Waals surface area contributed by atoms with Gasteiger partial charge in [0.25, 0.3) is 0 Å². The molecule has 114 valence electrons. The van der Waals surface area contributed by atoms with Crippen LogP contribution in [-0.4, -0.2) is 20.9 Å². The molecule has 1 rings (SSSR count). The molecular formula is C16H28N2O2. The van der Waals surface area contributed by atoms with Crippen molar-refractivity contribution in [2.45, 2.75) is 77.7 Å². The second kappa shape index (κ2) is 9.56. The van der Waals surface area contributed by atoms with Crippen molar-refractivity contribution < 1.29 is 9.90 Å². The van der Waals surface area contributed by atoms with Crippen molar-refractivity contribution in [1.29, 1.82) is 0 Å². The SMILES string of the molecule is CCCCCCCCCCC(C)n1ccc(C(=O)O)n1. The van der Waals surface area contributed by atoms with Gasteiger partial charge in [0.2, 0.25) is 0 Å². The summed E-state index contributed by atoms with van der Waals surface area (Å²) in [7, 11) is 0. The normalized spacial score (nSPS) is 12.5. The summed E-state index contributed by atoms with van der Waals surface area (Å²) in [5.74, 6) is -0.956. The Morgan fingerprint density at radius 1 is 1.20 bits per heavy atom. The number of carboxylic acid groups (broad SMARTS) is 1. The van der Waals surface area contributed by atoms with Gasteiger partial charge < -0.3 is 5.11 Å². The molecular weight excluding hydrogens is 252 g/mol. The average Bonchev–Trinajstić information content (AvgIpc) is 2.91. The van der Waals surface area contributed by atoms with E-state index >= 15 is 0 Å². The third kappa shape index (κ3) is 6.22.